The van der Waals surface area contributed by atoms with Crippen LogP contribution in [0.3, 0.4) is 0 Å². The summed E-state index contributed by atoms with van der Waals surface area (Å²) in [7, 11) is 0. The molecule has 2 rings (SSSR count). The molecule has 0 aliphatic carbocycles. The van der Waals surface area contributed by atoms with Crippen LogP contribution in [-0.2, 0) is 27.3 Å². The first-order chi connectivity index (χ1) is 10.4. The van der Waals surface area contributed by atoms with Crippen molar-refractivity contribution in [2.75, 3.05) is 0 Å². The van der Waals surface area contributed by atoms with Gasteiger partial charge in [-0.3, -0.25) is 9.59 Å². The number of hydrogen-bond donors (Lipinski definition) is 3. The van der Waals surface area contributed by atoms with E-state index >= 15 is 0 Å². The van der Waals surface area contributed by atoms with Gasteiger partial charge >= 0.3 is 11.9 Å². The van der Waals surface area contributed by atoms with E-state index in [4.69, 9.17) is 10.8 Å². The third kappa shape index (κ3) is 3.43. The van der Waals surface area contributed by atoms with Crippen molar-refractivity contribution in [1.29, 1.82) is 0 Å². The zero-order valence-electron chi connectivity index (χ0n) is 11.9. The predicted molar refractivity (Wildman–Crippen MR) is 77.0 cm³/mol. The molecule has 0 bridgehead atoms. The fourth-order valence-corrected chi connectivity index (χ4v) is 2.59. The maximum absolute atomic E-state index is 12.4. The molecule has 0 saturated heterocycles. The fraction of sp³-hybridized carbons (Fsp3) is 0.400. The van der Waals surface area contributed by atoms with Gasteiger partial charge in [-0.25, -0.2) is 4.79 Å². The summed E-state index contributed by atoms with van der Waals surface area (Å²) in [5.41, 5.74) is 7.52. The topological polar surface area (TPSA) is 121 Å². The predicted octanol–water partition coefficient (Wildman–Crippen LogP) is 0.217. The van der Waals surface area contributed by atoms with Gasteiger partial charge in [-0.15, -0.1) is 0 Å². The molecule has 118 valence electrons. The highest BCUT2D eigenvalue weighted by Crippen LogP contribution is 2.24. The van der Waals surface area contributed by atoms with E-state index in [0.29, 0.717) is 0 Å². The molecule has 1 aromatic rings. The average molecular weight is 306 g/mol. The van der Waals surface area contributed by atoms with Crippen LogP contribution in [0.25, 0.3) is 0 Å². The van der Waals surface area contributed by atoms with Crippen LogP contribution in [-0.4, -0.2) is 45.0 Å². The number of aliphatic carboxylic acids is 2. The van der Waals surface area contributed by atoms with Gasteiger partial charge in [0.2, 0.25) is 5.91 Å². The summed E-state index contributed by atoms with van der Waals surface area (Å²) in [6.07, 6.45) is -0.0172. The number of rotatable bonds is 5. The summed E-state index contributed by atoms with van der Waals surface area (Å²) in [4.78, 5) is 35.6. The number of nitrogens with two attached hydrogens (primary N) is 1. The Kier molecular flexibility index (Phi) is 4.77. The van der Waals surface area contributed by atoms with Gasteiger partial charge in [0, 0.05) is 19.4 Å². The van der Waals surface area contributed by atoms with Gasteiger partial charge in [-0.2, -0.15) is 0 Å². The highest BCUT2D eigenvalue weighted by Gasteiger charge is 2.36. The molecule has 2 unspecified atom stereocenters. The molecule has 0 aromatic heterocycles. The Balaban J connectivity index is 2.18. The van der Waals surface area contributed by atoms with Gasteiger partial charge in [0.05, 0.1) is 6.04 Å². The number of benzene rings is 1. The normalized spacial score (nSPS) is 18.4. The number of carboxylic acids is 2. The Morgan fingerprint density at radius 2 is 1.86 bits per heavy atom. The Morgan fingerprint density at radius 3 is 2.45 bits per heavy atom. The minimum absolute atomic E-state index is 0.0152. The molecule has 0 saturated carbocycles. The molecular formula is C15H18N2O5. The average Bonchev–Trinajstić information content (AvgIpc) is 2.50. The molecule has 4 N–H and O–H groups in total. The molecule has 7 heteroatoms. The van der Waals surface area contributed by atoms with Crippen molar-refractivity contribution in [1.82, 2.24) is 4.90 Å². The molecule has 22 heavy (non-hydrogen) atoms. The van der Waals surface area contributed by atoms with Crippen molar-refractivity contribution in [3.05, 3.63) is 35.4 Å². The summed E-state index contributed by atoms with van der Waals surface area (Å²) < 4.78 is 0. The Labute approximate surface area is 127 Å². The summed E-state index contributed by atoms with van der Waals surface area (Å²) in [5, 5.41) is 18.0. The number of carbonyl (C=O) groups is 3. The SMILES string of the molecule is NC(CCC(=O)O)C(=O)N1Cc2ccccc2CC1C(=O)O. The lowest BCUT2D eigenvalue weighted by Gasteiger charge is -2.35. The first kappa shape index (κ1) is 16.0. The molecule has 1 amide bonds. The molecule has 0 radical (unpaired) electrons. The van der Waals surface area contributed by atoms with Gasteiger partial charge in [-0.1, -0.05) is 24.3 Å². The quantitative estimate of drug-likeness (QED) is 0.715. The molecule has 2 atom stereocenters. The van der Waals surface area contributed by atoms with Crippen LogP contribution in [0.15, 0.2) is 24.3 Å². The highest BCUT2D eigenvalue weighted by molar-refractivity contribution is 5.88. The maximum Gasteiger partial charge on any atom is 0.326 e. The van der Waals surface area contributed by atoms with E-state index in [1.807, 2.05) is 24.3 Å². The Bertz CT molecular complexity index is 601. The van der Waals surface area contributed by atoms with Crippen molar-refractivity contribution < 1.29 is 24.6 Å². The van der Waals surface area contributed by atoms with Gasteiger partial charge in [0.25, 0.3) is 0 Å². The van der Waals surface area contributed by atoms with E-state index in [9.17, 15) is 19.5 Å². The van der Waals surface area contributed by atoms with Gasteiger partial charge < -0.3 is 20.8 Å². The van der Waals surface area contributed by atoms with Crippen LogP contribution >= 0.6 is 0 Å². The van der Waals surface area contributed by atoms with Crippen molar-refractivity contribution in [3.63, 3.8) is 0 Å². The van der Waals surface area contributed by atoms with Crippen LogP contribution in [0.5, 0.6) is 0 Å². The summed E-state index contributed by atoms with van der Waals surface area (Å²) in [6, 6.07) is 5.36. The Hall–Kier alpha value is -2.41. The number of hydrogen-bond acceptors (Lipinski definition) is 4. The van der Waals surface area contributed by atoms with Gasteiger partial charge in [-0.05, 0) is 17.5 Å². The highest BCUT2D eigenvalue weighted by atomic mass is 16.4. The van der Waals surface area contributed by atoms with Crippen molar-refractivity contribution in [2.24, 2.45) is 5.73 Å². The monoisotopic (exact) mass is 306 g/mol. The van der Waals surface area contributed by atoms with E-state index < -0.39 is 29.9 Å². The first-order valence-electron chi connectivity index (χ1n) is 6.97. The zero-order valence-corrected chi connectivity index (χ0v) is 11.9. The third-order valence-electron chi connectivity index (χ3n) is 3.80. The van der Waals surface area contributed by atoms with E-state index in [1.54, 1.807) is 0 Å². The Morgan fingerprint density at radius 1 is 1.23 bits per heavy atom. The van der Waals surface area contributed by atoms with E-state index in [-0.39, 0.29) is 25.8 Å². The van der Waals surface area contributed by atoms with Crippen molar-refractivity contribution in [3.8, 4) is 0 Å². The zero-order chi connectivity index (χ0) is 16.3. The molecule has 1 aliphatic heterocycles. The molecule has 0 fully saturated rings. The van der Waals surface area contributed by atoms with Crippen molar-refractivity contribution >= 4 is 17.8 Å². The fourth-order valence-electron chi connectivity index (χ4n) is 2.59. The smallest absolute Gasteiger partial charge is 0.326 e. The van der Waals surface area contributed by atoms with E-state index in [0.717, 1.165) is 11.1 Å². The molecule has 1 heterocycles. The van der Waals surface area contributed by atoms with E-state index in [1.165, 1.54) is 4.90 Å². The molecule has 0 spiro atoms. The lowest BCUT2D eigenvalue weighted by atomic mass is 9.93. The first-order valence-corrected chi connectivity index (χ1v) is 6.97. The lowest BCUT2D eigenvalue weighted by Crippen LogP contribution is -2.53. The maximum atomic E-state index is 12.4. The largest absolute Gasteiger partial charge is 0.481 e. The summed E-state index contributed by atoms with van der Waals surface area (Å²) in [5.74, 6) is -2.65. The van der Waals surface area contributed by atoms with Crippen LogP contribution < -0.4 is 5.73 Å². The van der Waals surface area contributed by atoms with Gasteiger partial charge in [0.1, 0.15) is 6.04 Å². The third-order valence-corrected chi connectivity index (χ3v) is 3.80. The number of amides is 1. The summed E-state index contributed by atoms with van der Waals surface area (Å²) >= 11 is 0. The van der Waals surface area contributed by atoms with Crippen LogP contribution in [0.1, 0.15) is 24.0 Å². The number of fused-ring (bicyclic) bond motifs is 1. The van der Waals surface area contributed by atoms with E-state index in [2.05, 4.69) is 0 Å². The van der Waals surface area contributed by atoms with Gasteiger partial charge in [0.15, 0.2) is 0 Å². The number of carboxylic acid groups (broad SMARTS) is 2. The van der Waals surface area contributed by atoms with Crippen molar-refractivity contribution in [2.45, 2.75) is 37.9 Å². The molecule has 1 aliphatic rings. The molecule has 7 nitrogen and oxygen atoms in total. The standard InChI is InChI=1S/C15H18N2O5/c16-11(5-6-13(18)19)14(20)17-8-10-4-2-1-3-9(10)7-12(17)15(21)22/h1-4,11-12H,5-8,16H2,(H,18,19)(H,21,22). The number of carbonyl (C=O) groups excluding carboxylic acids is 1. The second-order valence-corrected chi connectivity index (χ2v) is 5.33. The molecular weight excluding hydrogens is 288 g/mol. The van der Waals surface area contributed by atoms with Crippen LogP contribution in [0.2, 0.25) is 0 Å². The summed E-state index contributed by atoms with van der Waals surface area (Å²) in [6.45, 7) is 0.173. The minimum Gasteiger partial charge on any atom is -0.481 e. The second-order valence-electron chi connectivity index (χ2n) is 5.33. The number of nitrogens with zero attached hydrogens (tertiary/aromatic N) is 1. The minimum atomic E-state index is -1.09. The van der Waals surface area contributed by atoms with Crippen LogP contribution in [0, 0.1) is 0 Å². The second kappa shape index (κ2) is 6.57. The molecule has 1 aromatic carbocycles. The lowest BCUT2D eigenvalue weighted by molar-refractivity contribution is -0.152. The van der Waals surface area contributed by atoms with Crippen LogP contribution in [0.4, 0.5) is 0 Å².